The molecule has 2 rings (SSSR count). The molecule has 0 radical (unpaired) electrons. The lowest BCUT2D eigenvalue weighted by Crippen LogP contribution is -2.00. The normalized spacial score (nSPS) is 10.4. The fourth-order valence-electron chi connectivity index (χ4n) is 1.50. The summed E-state index contributed by atoms with van der Waals surface area (Å²) in [4.78, 5) is 0. The molecule has 1 aromatic heterocycles. The van der Waals surface area contributed by atoms with Gasteiger partial charge >= 0.3 is 0 Å². The third kappa shape index (κ3) is 2.23. The molecule has 4 heteroatoms. The Hall–Kier alpha value is -1.81. The Morgan fingerprint density at radius 2 is 2.19 bits per heavy atom. The molecular weight excluding hydrogens is 204 g/mol. The zero-order valence-electron chi connectivity index (χ0n) is 9.13. The average Bonchev–Trinajstić information content (AvgIpc) is 2.75. The first-order valence-corrected chi connectivity index (χ1v) is 5.15. The van der Waals surface area contributed by atoms with Crippen molar-refractivity contribution in [2.24, 2.45) is 0 Å². The van der Waals surface area contributed by atoms with Crippen molar-refractivity contribution < 1.29 is 9.84 Å². The predicted octanol–water partition coefficient (Wildman–Crippen LogP) is 1.55. The summed E-state index contributed by atoms with van der Waals surface area (Å²) in [7, 11) is 0. The number of aliphatic hydroxyl groups is 1. The molecule has 0 spiro atoms. The van der Waals surface area contributed by atoms with Crippen LogP contribution in [0.1, 0.15) is 5.56 Å². The molecule has 0 fully saturated rings. The standard InChI is InChI=1S/C12H14N2O2/c1-10-4-2-3-5-12(10)14-9-11(8-13-14)16-7-6-15/h2-5,8-9,15H,6-7H2,1H3. The van der Waals surface area contributed by atoms with Crippen molar-refractivity contribution in [1.29, 1.82) is 0 Å². The quantitative estimate of drug-likeness (QED) is 0.847. The zero-order valence-corrected chi connectivity index (χ0v) is 9.13. The van der Waals surface area contributed by atoms with Crippen LogP contribution in [0.25, 0.3) is 5.69 Å². The number of nitrogens with zero attached hydrogens (tertiary/aromatic N) is 2. The van der Waals surface area contributed by atoms with Gasteiger partial charge in [-0.05, 0) is 18.6 Å². The maximum atomic E-state index is 8.64. The second-order valence-corrected chi connectivity index (χ2v) is 3.48. The largest absolute Gasteiger partial charge is 0.488 e. The molecule has 1 N–H and O–H groups in total. The van der Waals surface area contributed by atoms with Crippen LogP contribution >= 0.6 is 0 Å². The van der Waals surface area contributed by atoms with Gasteiger partial charge in [0.05, 0.1) is 24.7 Å². The number of rotatable bonds is 4. The minimum absolute atomic E-state index is 0.00947. The number of aromatic nitrogens is 2. The van der Waals surface area contributed by atoms with Crippen LogP contribution in [0, 0.1) is 6.92 Å². The van der Waals surface area contributed by atoms with E-state index in [0.29, 0.717) is 12.4 Å². The number of hydrogen-bond acceptors (Lipinski definition) is 3. The molecule has 16 heavy (non-hydrogen) atoms. The minimum atomic E-state index is 0.00947. The molecule has 0 saturated carbocycles. The third-order valence-corrected chi connectivity index (χ3v) is 2.28. The number of para-hydroxylation sites is 1. The van der Waals surface area contributed by atoms with Crippen LogP contribution in [-0.4, -0.2) is 28.1 Å². The van der Waals surface area contributed by atoms with Gasteiger partial charge in [-0.2, -0.15) is 5.10 Å². The molecule has 0 aliphatic carbocycles. The second-order valence-electron chi connectivity index (χ2n) is 3.48. The van der Waals surface area contributed by atoms with Crippen molar-refractivity contribution in [3.05, 3.63) is 42.2 Å². The highest BCUT2D eigenvalue weighted by atomic mass is 16.5. The Kier molecular flexibility index (Phi) is 3.22. The van der Waals surface area contributed by atoms with E-state index < -0.39 is 0 Å². The summed E-state index contributed by atoms with van der Waals surface area (Å²) in [5.74, 6) is 0.664. The number of aliphatic hydroxyl groups excluding tert-OH is 1. The van der Waals surface area contributed by atoms with Gasteiger partial charge in [0.15, 0.2) is 5.75 Å². The van der Waals surface area contributed by atoms with E-state index in [1.165, 1.54) is 0 Å². The maximum absolute atomic E-state index is 8.64. The van der Waals surface area contributed by atoms with Gasteiger partial charge in [-0.25, -0.2) is 4.68 Å². The van der Waals surface area contributed by atoms with Crippen LogP contribution in [-0.2, 0) is 0 Å². The minimum Gasteiger partial charge on any atom is -0.488 e. The first-order valence-electron chi connectivity index (χ1n) is 5.15. The lowest BCUT2D eigenvalue weighted by molar-refractivity contribution is 0.201. The molecule has 0 amide bonds. The first-order chi connectivity index (χ1) is 7.81. The molecule has 0 aliphatic heterocycles. The van der Waals surface area contributed by atoms with Crippen LogP contribution in [0.4, 0.5) is 0 Å². The first kappa shape index (κ1) is 10.7. The number of benzene rings is 1. The SMILES string of the molecule is Cc1ccccc1-n1cc(OCCO)cn1. The van der Waals surface area contributed by atoms with Crippen LogP contribution in [0.15, 0.2) is 36.7 Å². The van der Waals surface area contributed by atoms with Crippen molar-refractivity contribution in [3.63, 3.8) is 0 Å². The van der Waals surface area contributed by atoms with E-state index in [-0.39, 0.29) is 6.61 Å². The number of hydrogen-bond donors (Lipinski definition) is 1. The zero-order chi connectivity index (χ0) is 11.4. The topological polar surface area (TPSA) is 47.3 Å². The maximum Gasteiger partial charge on any atom is 0.157 e. The van der Waals surface area contributed by atoms with E-state index in [1.807, 2.05) is 31.2 Å². The summed E-state index contributed by atoms with van der Waals surface area (Å²) < 4.78 is 7.03. The molecule has 0 bridgehead atoms. The Balaban J connectivity index is 2.22. The van der Waals surface area contributed by atoms with Gasteiger partial charge in [-0.3, -0.25) is 0 Å². The highest BCUT2D eigenvalue weighted by Gasteiger charge is 2.03. The summed E-state index contributed by atoms with van der Waals surface area (Å²) in [5, 5.41) is 12.9. The van der Waals surface area contributed by atoms with Crippen molar-refractivity contribution in [2.75, 3.05) is 13.2 Å². The molecular formula is C12H14N2O2. The second kappa shape index (κ2) is 4.81. The van der Waals surface area contributed by atoms with E-state index in [4.69, 9.17) is 9.84 Å². The molecule has 0 saturated heterocycles. The monoisotopic (exact) mass is 218 g/mol. The third-order valence-electron chi connectivity index (χ3n) is 2.28. The highest BCUT2D eigenvalue weighted by molar-refractivity contribution is 5.40. The Bertz CT molecular complexity index is 466. The van der Waals surface area contributed by atoms with E-state index in [1.54, 1.807) is 17.1 Å². The van der Waals surface area contributed by atoms with E-state index in [2.05, 4.69) is 5.10 Å². The van der Waals surface area contributed by atoms with Crippen molar-refractivity contribution >= 4 is 0 Å². The summed E-state index contributed by atoms with van der Waals surface area (Å²) in [6, 6.07) is 7.99. The smallest absolute Gasteiger partial charge is 0.157 e. The number of aryl methyl sites for hydroxylation is 1. The van der Waals surface area contributed by atoms with Gasteiger partial charge in [0.2, 0.25) is 0 Å². The van der Waals surface area contributed by atoms with Crippen LogP contribution in [0.5, 0.6) is 5.75 Å². The molecule has 0 unspecified atom stereocenters. The summed E-state index contributed by atoms with van der Waals surface area (Å²) in [6.07, 6.45) is 3.44. The summed E-state index contributed by atoms with van der Waals surface area (Å²) in [5.41, 5.74) is 2.18. The van der Waals surface area contributed by atoms with Crippen molar-refractivity contribution in [1.82, 2.24) is 9.78 Å². The summed E-state index contributed by atoms with van der Waals surface area (Å²) in [6.45, 7) is 2.33. The lowest BCUT2D eigenvalue weighted by atomic mass is 10.2. The molecule has 1 aromatic carbocycles. The van der Waals surface area contributed by atoms with E-state index in [9.17, 15) is 0 Å². The van der Waals surface area contributed by atoms with Crippen LogP contribution < -0.4 is 4.74 Å². The molecule has 4 nitrogen and oxygen atoms in total. The summed E-state index contributed by atoms with van der Waals surface area (Å²) >= 11 is 0. The van der Waals surface area contributed by atoms with Crippen LogP contribution in [0.3, 0.4) is 0 Å². The highest BCUT2D eigenvalue weighted by Crippen LogP contribution is 2.16. The lowest BCUT2D eigenvalue weighted by Gasteiger charge is -2.04. The van der Waals surface area contributed by atoms with E-state index in [0.717, 1.165) is 11.3 Å². The van der Waals surface area contributed by atoms with Gasteiger partial charge < -0.3 is 9.84 Å². The van der Waals surface area contributed by atoms with Crippen LogP contribution in [0.2, 0.25) is 0 Å². The molecule has 0 aliphatic rings. The average molecular weight is 218 g/mol. The fourth-order valence-corrected chi connectivity index (χ4v) is 1.50. The van der Waals surface area contributed by atoms with Gasteiger partial charge in [-0.15, -0.1) is 0 Å². The van der Waals surface area contributed by atoms with E-state index >= 15 is 0 Å². The van der Waals surface area contributed by atoms with Crippen molar-refractivity contribution in [2.45, 2.75) is 6.92 Å². The Labute approximate surface area is 94.1 Å². The number of ether oxygens (including phenoxy) is 1. The van der Waals surface area contributed by atoms with Gasteiger partial charge in [-0.1, -0.05) is 18.2 Å². The fraction of sp³-hybridized carbons (Fsp3) is 0.250. The van der Waals surface area contributed by atoms with Gasteiger partial charge in [0.25, 0.3) is 0 Å². The molecule has 2 aromatic rings. The molecule has 84 valence electrons. The molecule has 0 atom stereocenters. The predicted molar refractivity (Wildman–Crippen MR) is 60.9 cm³/mol. The van der Waals surface area contributed by atoms with Gasteiger partial charge in [0, 0.05) is 0 Å². The Morgan fingerprint density at radius 1 is 1.38 bits per heavy atom. The Morgan fingerprint density at radius 3 is 2.94 bits per heavy atom. The van der Waals surface area contributed by atoms with Gasteiger partial charge in [0.1, 0.15) is 6.61 Å². The van der Waals surface area contributed by atoms with Crippen molar-refractivity contribution in [3.8, 4) is 11.4 Å². The molecule has 1 heterocycles.